The van der Waals surface area contributed by atoms with Gasteiger partial charge in [0, 0.05) is 26.7 Å². The SMILES string of the molecule is Cc1oc(C(=O)NCC(CC(C)C)C(=O)O)cc1S(=O)(=O)N(C)C. The van der Waals surface area contributed by atoms with Gasteiger partial charge in [-0.3, -0.25) is 9.59 Å². The van der Waals surface area contributed by atoms with E-state index >= 15 is 0 Å². The molecule has 0 saturated heterocycles. The summed E-state index contributed by atoms with van der Waals surface area (Å²) in [5.74, 6) is -2.24. The molecule has 1 unspecified atom stereocenters. The van der Waals surface area contributed by atoms with Gasteiger partial charge in [0.1, 0.15) is 10.7 Å². The van der Waals surface area contributed by atoms with Gasteiger partial charge in [0.25, 0.3) is 5.91 Å². The van der Waals surface area contributed by atoms with Crippen LogP contribution in [0.5, 0.6) is 0 Å². The van der Waals surface area contributed by atoms with E-state index in [0.717, 1.165) is 10.4 Å². The Bertz CT molecular complexity index is 706. The van der Waals surface area contributed by atoms with Crippen molar-refractivity contribution in [3.05, 3.63) is 17.6 Å². The molecule has 0 aromatic carbocycles. The normalized spacial score (nSPS) is 13.3. The summed E-state index contributed by atoms with van der Waals surface area (Å²) in [6, 6.07) is 1.15. The highest BCUT2D eigenvalue weighted by Crippen LogP contribution is 2.22. The summed E-state index contributed by atoms with van der Waals surface area (Å²) in [4.78, 5) is 23.2. The van der Waals surface area contributed by atoms with Crippen LogP contribution in [-0.2, 0) is 14.8 Å². The van der Waals surface area contributed by atoms with Crippen LogP contribution in [0.1, 0.15) is 36.6 Å². The fourth-order valence-electron chi connectivity index (χ4n) is 2.17. The number of aliphatic carboxylic acids is 1. The van der Waals surface area contributed by atoms with Crippen LogP contribution in [0.2, 0.25) is 0 Å². The number of nitrogens with one attached hydrogen (secondary N) is 1. The number of amides is 1. The molecule has 0 spiro atoms. The Labute approximate surface area is 141 Å². The number of carboxylic acid groups (broad SMARTS) is 1. The summed E-state index contributed by atoms with van der Waals surface area (Å²) < 4.78 is 30.5. The van der Waals surface area contributed by atoms with Crippen LogP contribution in [0.15, 0.2) is 15.4 Å². The molecule has 0 saturated carbocycles. The van der Waals surface area contributed by atoms with Gasteiger partial charge in [-0.1, -0.05) is 13.8 Å². The molecule has 0 aliphatic rings. The maximum atomic E-state index is 12.1. The van der Waals surface area contributed by atoms with Gasteiger partial charge in [-0.25, -0.2) is 12.7 Å². The number of sulfonamides is 1. The van der Waals surface area contributed by atoms with E-state index in [1.807, 2.05) is 13.8 Å². The lowest BCUT2D eigenvalue weighted by atomic mass is 9.97. The van der Waals surface area contributed by atoms with Gasteiger partial charge >= 0.3 is 5.97 Å². The predicted octanol–water partition coefficient (Wildman–Crippen LogP) is 1.32. The van der Waals surface area contributed by atoms with Crippen molar-refractivity contribution >= 4 is 21.9 Å². The highest BCUT2D eigenvalue weighted by molar-refractivity contribution is 7.89. The second-order valence-corrected chi connectivity index (χ2v) is 8.31. The first-order valence-corrected chi connectivity index (χ1v) is 8.94. The molecule has 2 N–H and O–H groups in total. The number of hydrogen-bond acceptors (Lipinski definition) is 5. The zero-order valence-corrected chi connectivity index (χ0v) is 15.3. The standard InChI is InChI=1S/C15H24N2O6S/c1-9(2)6-11(15(19)20)8-16-14(18)12-7-13(10(3)23-12)24(21,22)17(4)5/h7,9,11H,6,8H2,1-5H3,(H,16,18)(H,19,20). The molecule has 1 rings (SSSR count). The zero-order chi connectivity index (χ0) is 18.7. The van der Waals surface area contributed by atoms with Gasteiger partial charge in [-0.2, -0.15) is 0 Å². The Balaban J connectivity index is 2.88. The summed E-state index contributed by atoms with van der Waals surface area (Å²) >= 11 is 0. The van der Waals surface area contributed by atoms with Gasteiger partial charge < -0.3 is 14.8 Å². The molecule has 24 heavy (non-hydrogen) atoms. The fraction of sp³-hybridized carbons (Fsp3) is 0.600. The van der Waals surface area contributed by atoms with Gasteiger partial charge in [-0.15, -0.1) is 0 Å². The van der Waals surface area contributed by atoms with Crippen molar-refractivity contribution in [3.63, 3.8) is 0 Å². The van der Waals surface area contributed by atoms with Gasteiger partial charge in [0.05, 0.1) is 5.92 Å². The van der Waals surface area contributed by atoms with E-state index in [1.165, 1.54) is 21.0 Å². The van der Waals surface area contributed by atoms with E-state index in [1.54, 1.807) is 0 Å². The summed E-state index contributed by atoms with van der Waals surface area (Å²) in [6.07, 6.45) is 0.424. The van der Waals surface area contributed by atoms with E-state index in [2.05, 4.69) is 5.32 Å². The number of aryl methyl sites for hydroxylation is 1. The average molecular weight is 360 g/mol. The van der Waals surface area contributed by atoms with E-state index in [4.69, 9.17) is 9.52 Å². The van der Waals surface area contributed by atoms with Crippen LogP contribution in [0.3, 0.4) is 0 Å². The molecule has 9 heteroatoms. The van der Waals surface area contributed by atoms with Crippen LogP contribution < -0.4 is 5.32 Å². The van der Waals surface area contributed by atoms with E-state index < -0.39 is 27.8 Å². The average Bonchev–Trinajstić information content (AvgIpc) is 2.85. The third-order valence-corrected chi connectivity index (χ3v) is 5.39. The quantitative estimate of drug-likeness (QED) is 0.722. The lowest BCUT2D eigenvalue weighted by molar-refractivity contribution is -0.142. The third-order valence-electron chi connectivity index (χ3n) is 3.47. The lowest BCUT2D eigenvalue weighted by Crippen LogP contribution is -2.33. The number of hydrogen-bond donors (Lipinski definition) is 2. The number of furan rings is 1. The van der Waals surface area contributed by atoms with Crippen LogP contribution in [0.4, 0.5) is 0 Å². The Morgan fingerprint density at radius 1 is 1.33 bits per heavy atom. The summed E-state index contributed by atoms with van der Waals surface area (Å²) in [7, 11) is -0.956. The lowest BCUT2D eigenvalue weighted by Gasteiger charge is -2.14. The van der Waals surface area contributed by atoms with Crippen molar-refractivity contribution in [1.82, 2.24) is 9.62 Å². The van der Waals surface area contributed by atoms with Gasteiger partial charge in [0.2, 0.25) is 10.0 Å². The van der Waals surface area contributed by atoms with Crippen LogP contribution in [0.25, 0.3) is 0 Å². The molecule has 0 aliphatic carbocycles. The predicted molar refractivity (Wildman–Crippen MR) is 87.2 cm³/mol. The van der Waals surface area contributed by atoms with Gasteiger partial charge in [-0.05, 0) is 19.3 Å². The zero-order valence-electron chi connectivity index (χ0n) is 14.5. The summed E-state index contributed by atoms with van der Waals surface area (Å²) in [5.41, 5.74) is 0. The first kappa shape index (κ1) is 20.2. The first-order valence-electron chi connectivity index (χ1n) is 7.50. The molecular formula is C15H24N2O6S. The van der Waals surface area contributed by atoms with E-state index in [9.17, 15) is 18.0 Å². The molecule has 0 aliphatic heterocycles. The van der Waals surface area contributed by atoms with Crippen LogP contribution >= 0.6 is 0 Å². The number of carbonyl (C=O) groups is 2. The smallest absolute Gasteiger partial charge is 0.308 e. The van der Waals surface area contributed by atoms with Crippen molar-refractivity contribution in [2.24, 2.45) is 11.8 Å². The molecule has 0 radical (unpaired) electrons. The number of rotatable bonds is 8. The summed E-state index contributed by atoms with van der Waals surface area (Å²) in [5, 5.41) is 11.6. The van der Waals surface area contributed by atoms with Crippen LogP contribution in [0, 0.1) is 18.8 Å². The molecule has 8 nitrogen and oxygen atoms in total. The van der Waals surface area contributed by atoms with Gasteiger partial charge in [0.15, 0.2) is 5.76 Å². The second kappa shape index (κ2) is 7.80. The highest BCUT2D eigenvalue weighted by Gasteiger charge is 2.26. The van der Waals surface area contributed by atoms with E-state index in [-0.39, 0.29) is 28.9 Å². The molecule has 1 aromatic rings. The van der Waals surface area contributed by atoms with Crippen LogP contribution in [-0.4, -0.2) is 50.3 Å². The fourth-order valence-corrected chi connectivity index (χ4v) is 3.23. The Hall–Kier alpha value is -1.87. The Kier molecular flexibility index (Phi) is 6.56. The van der Waals surface area contributed by atoms with Crippen molar-refractivity contribution in [2.45, 2.75) is 32.1 Å². The van der Waals surface area contributed by atoms with E-state index in [0.29, 0.717) is 6.42 Å². The molecule has 0 fully saturated rings. The molecule has 1 atom stereocenters. The maximum Gasteiger partial charge on any atom is 0.308 e. The van der Waals surface area contributed by atoms with Crippen molar-refractivity contribution < 1.29 is 27.5 Å². The first-order chi connectivity index (χ1) is 11.0. The minimum absolute atomic E-state index is 0.0537. The molecule has 0 bridgehead atoms. The largest absolute Gasteiger partial charge is 0.481 e. The minimum atomic E-state index is -3.72. The number of carbonyl (C=O) groups excluding carboxylic acids is 1. The minimum Gasteiger partial charge on any atom is -0.481 e. The molecule has 1 aromatic heterocycles. The second-order valence-electron chi connectivity index (χ2n) is 6.19. The highest BCUT2D eigenvalue weighted by atomic mass is 32.2. The summed E-state index contributed by atoms with van der Waals surface area (Å²) in [6.45, 7) is 5.19. The maximum absolute atomic E-state index is 12.1. The molecule has 136 valence electrons. The third kappa shape index (κ3) is 4.81. The van der Waals surface area contributed by atoms with Crippen molar-refractivity contribution in [1.29, 1.82) is 0 Å². The van der Waals surface area contributed by atoms with Crippen molar-refractivity contribution in [2.75, 3.05) is 20.6 Å². The Morgan fingerprint density at radius 3 is 2.38 bits per heavy atom. The number of carboxylic acids is 1. The molecule has 1 heterocycles. The van der Waals surface area contributed by atoms with Crippen molar-refractivity contribution in [3.8, 4) is 0 Å². The molecule has 1 amide bonds. The topological polar surface area (TPSA) is 117 Å². The molecular weight excluding hydrogens is 336 g/mol. The Morgan fingerprint density at radius 2 is 1.92 bits per heavy atom. The monoisotopic (exact) mass is 360 g/mol. The number of nitrogens with zero attached hydrogens (tertiary/aromatic N) is 1.